The number of nitrogens with zero attached hydrogens (tertiary/aromatic N) is 2. The number of nitrogens with one attached hydrogen (secondary N) is 1. The van der Waals surface area contributed by atoms with Gasteiger partial charge in [0.1, 0.15) is 5.82 Å². The lowest BCUT2D eigenvalue weighted by Crippen LogP contribution is -2.42. The maximum atomic E-state index is 6.06. The van der Waals surface area contributed by atoms with Crippen molar-refractivity contribution in [3.8, 4) is 5.88 Å². The van der Waals surface area contributed by atoms with Crippen LogP contribution in [0.5, 0.6) is 5.88 Å². The first-order valence-electron chi connectivity index (χ1n) is 7.65. The van der Waals surface area contributed by atoms with Crippen LogP contribution >= 0.6 is 0 Å². The smallest absolute Gasteiger partial charge is 0.234 e. The molecule has 1 aromatic heterocycles. The first kappa shape index (κ1) is 13.6. The third-order valence-corrected chi connectivity index (χ3v) is 4.26. The van der Waals surface area contributed by atoms with Crippen LogP contribution in [0.3, 0.4) is 0 Å². The van der Waals surface area contributed by atoms with Crippen molar-refractivity contribution in [1.29, 1.82) is 0 Å². The molecule has 1 saturated carbocycles. The van der Waals surface area contributed by atoms with Gasteiger partial charge in [-0.1, -0.05) is 12.8 Å². The van der Waals surface area contributed by atoms with Gasteiger partial charge in [-0.2, -0.15) is 4.98 Å². The first-order valence-corrected chi connectivity index (χ1v) is 7.65. The molecule has 1 spiro atoms. The second-order valence-electron chi connectivity index (χ2n) is 5.75. The van der Waals surface area contributed by atoms with Crippen molar-refractivity contribution in [2.75, 3.05) is 18.5 Å². The zero-order valence-electron chi connectivity index (χ0n) is 12.1. The molecule has 110 valence electrons. The summed E-state index contributed by atoms with van der Waals surface area (Å²) in [4.78, 5) is 8.61. The fourth-order valence-corrected chi connectivity index (χ4v) is 3.36. The fraction of sp³-hybridized carbons (Fsp3) is 0.733. The van der Waals surface area contributed by atoms with Crippen molar-refractivity contribution in [2.45, 2.75) is 57.1 Å². The SMILES string of the molecule is CCOc1cncc(NC2CCOC3(CCCC3)C2)n1. The van der Waals surface area contributed by atoms with Crippen LogP contribution in [0, 0.1) is 0 Å². The fourth-order valence-electron chi connectivity index (χ4n) is 3.36. The van der Waals surface area contributed by atoms with Gasteiger partial charge in [-0.15, -0.1) is 0 Å². The highest BCUT2D eigenvalue weighted by atomic mass is 16.5. The van der Waals surface area contributed by atoms with Gasteiger partial charge in [0.05, 0.1) is 24.6 Å². The summed E-state index contributed by atoms with van der Waals surface area (Å²) in [5.41, 5.74) is 0.126. The van der Waals surface area contributed by atoms with E-state index in [1.54, 1.807) is 12.4 Å². The molecule has 2 heterocycles. The minimum atomic E-state index is 0.126. The Bertz CT molecular complexity index is 446. The van der Waals surface area contributed by atoms with Crippen molar-refractivity contribution < 1.29 is 9.47 Å². The second-order valence-corrected chi connectivity index (χ2v) is 5.75. The largest absolute Gasteiger partial charge is 0.477 e. The standard InChI is InChI=1S/C15H23N3O2/c1-2-19-14-11-16-10-13(18-14)17-12-5-8-20-15(9-12)6-3-4-7-15/h10-12H,2-9H2,1H3,(H,17,18). The number of hydrogen-bond acceptors (Lipinski definition) is 5. The molecule has 1 aliphatic heterocycles. The molecule has 1 saturated heterocycles. The molecule has 1 atom stereocenters. The summed E-state index contributed by atoms with van der Waals surface area (Å²) in [5.74, 6) is 1.39. The van der Waals surface area contributed by atoms with Gasteiger partial charge in [-0.25, -0.2) is 0 Å². The zero-order valence-corrected chi connectivity index (χ0v) is 12.1. The molecule has 20 heavy (non-hydrogen) atoms. The molecule has 1 aromatic rings. The lowest BCUT2D eigenvalue weighted by molar-refractivity contribution is -0.0767. The molecular weight excluding hydrogens is 254 g/mol. The van der Waals surface area contributed by atoms with Gasteiger partial charge in [0.15, 0.2) is 0 Å². The van der Waals surface area contributed by atoms with Crippen LogP contribution in [-0.4, -0.2) is 34.8 Å². The van der Waals surface area contributed by atoms with Gasteiger partial charge in [-0.05, 0) is 32.6 Å². The number of rotatable bonds is 4. The second kappa shape index (κ2) is 5.95. The van der Waals surface area contributed by atoms with Gasteiger partial charge >= 0.3 is 0 Å². The Balaban J connectivity index is 1.63. The molecule has 5 heteroatoms. The van der Waals surface area contributed by atoms with E-state index in [0.29, 0.717) is 18.5 Å². The molecule has 3 rings (SSSR count). The third-order valence-electron chi connectivity index (χ3n) is 4.26. The molecule has 2 aliphatic rings. The zero-order chi connectivity index (χ0) is 13.8. The number of aromatic nitrogens is 2. The van der Waals surface area contributed by atoms with E-state index in [1.165, 1.54) is 25.7 Å². The topological polar surface area (TPSA) is 56.3 Å². The van der Waals surface area contributed by atoms with Crippen molar-refractivity contribution in [2.24, 2.45) is 0 Å². The lowest BCUT2D eigenvalue weighted by Gasteiger charge is -2.38. The van der Waals surface area contributed by atoms with Crippen LogP contribution in [0.15, 0.2) is 12.4 Å². The summed E-state index contributed by atoms with van der Waals surface area (Å²) in [6.45, 7) is 3.40. The van der Waals surface area contributed by atoms with Crippen LogP contribution in [0.4, 0.5) is 5.82 Å². The van der Waals surface area contributed by atoms with Crippen LogP contribution in [0.1, 0.15) is 45.4 Å². The maximum Gasteiger partial charge on any atom is 0.234 e. The van der Waals surface area contributed by atoms with Crippen molar-refractivity contribution in [3.05, 3.63) is 12.4 Å². The number of anilines is 1. The minimum absolute atomic E-state index is 0.126. The molecule has 0 radical (unpaired) electrons. The summed E-state index contributed by atoms with van der Waals surface area (Å²) in [7, 11) is 0. The van der Waals surface area contributed by atoms with E-state index in [1.807, 2.05) is 6.92 Å². The van der Waals surface area contributed by atoms with E-state index in [-0.39, 0.29) is 5.60 Å². The number of ether oxygens (including phenoxy) is 2. The molecule has 1 unspecified atom stereocenters. The molecule has 2 fully saturated rings. The van der Waals surface area contributed by atoms with Crippen molar-refractivity contribution >= 4 is 5.82 Å². The van der Waals surface area contributed by atoms with Gasteiger partial charge in [0.2, 0.25) is 5.88 Å². The molecule has 0 amide bonds. The normalized spacial score (nSPS) is 24.8. The molecule has 5 nitrogen and oxygen atoms in total. The van der Waals surface area contributed by atoms with E-state index in [2.05, 4.69) is 15.3 Å². The van der Waals surface area contributed by atoms with Gasteiger partial charge in [0, 0.05) is 12.6 Å². The van der Waals surface area contributed by atoms with E-state index >= 15 is 0 Å². The maximum absolute atomic E-state index is 6.06. The van der Waals surface area contributed by atoms with E-state index in [9.17, 15) is 0 Å². The Morgan fingerprint density at radius 3 is 3.05 bits per heavy atom. The van der Waals surface area contributed by atoms with E-state index in [4.69, 9.17) is 9.47 Å². The van der Waals surface area contributed by atoms with Crippen LogP contribution in [0.25, 0.3) is 0 Å². The van der Waals surface area contributed by atoms with Gasteiger partial charge < -0.3 is 14.8 Å². The summed E-state index contributed by atoms with van der Waals surface area (Å²) in [6.07, 6.45) is 10.5. The molecule has 1 aliphatic carbocycles. The summed E-state index contributed by atoms with van der Waals surface area (Å²) >= 11 is 0. The highest BCUT2D eigenvalue weighted by molar-refractivity contribution is 5.34. The molecule has 1 N–H and O–H groups in total. The monoisotopic (exact) mass is 277 g/mol. The Morgan fingerprint density at radius 2 is 2.25 bits per heavy atom. The molecule has 0 bridgehead atoms. The Labute approximate surface area is 120 Å². The quantitative estimate of drug-likeness (QED) is 0.917. The predicted octanol–water partition coefficient (Wildman–Crippen LogP) is 2.78. The van der Waals surface area contributed by atoms with Crippen LogP contribution in [-0.2, 0) is 4.74 Å². The highest BCUT2D eigenvalue weighted by Crippen LogP contribution is 2.40. The molecule has 0 aromatic carbocycles. The average molecular weight is 277 g/mol. The van der Waals surface area contributed by atoms with Crippen molar-refractivity contribution in [1.82, 2.24) is 9.97 Å². The van der Waals surface area contributed by atoms with Crippen LogP contribution < -0.4 is 10.1 Å². The van der Waals surface area contributed by atoms with Crippen LogP contribution in [0.2, 0.25) is 0 Å². The molecular formula is C15H23N3O2. The summed E-state index contributed by atoms with van der Waals surface area (Å²) in [6, 6.07) is 0.424. The van der Waals surface area contributed by atoms with E-state index in [0.717, 1.165) is 25.3 Å². The summed E-state index contributed by atoms with van der Waals surface area (Å²) in [5, 5.41) is 3.50. The lowest BCUT2D eigenvalue weighted by atomic mass is 9.89. The Hall–Kier alpha value is -1.36. The van der Waals surface area contributed by atoms with E-state index < -0.39 is 0 Å². The van der Waals surface area contributed by atoms with Gasteiger partial charge in [-0.3, -0.25) is 4.98 Å². The minimum Gasteiger partial charge on any atom is -0.477 e. The summed E-state index contributed by atoms with van der Waals surface area (Å²) < 4.78 is 11.4. The average Bonchev–Trinajstić information content (AvgIpc) is 2.87. The highest BCUT2D eigenvalue weighted by Gasteiger charge is 2.39. The third kappa shape index (κ3) is 3.03. The van der Waals surface area contributed by atoms with Gasteiger partial charge in [0.25, 0.3) is 0 Å². The Kier molecular flexibility index (Phi) is 4.05. The first-order chi connectivity index (χ1) is 9.80. The Morgan fingerprint density at radius 1 is 1.40 bits per heavy atom. The van der Waals surface area contributed by atoms with Crippen molar-refractivity contribution in [3.63, 3.8) is 0 Å². The predicted molar refractivity (Wildman–Crippen MR) is 77.0 cm³/mol. The number of hydrogen-bond donors (Lipinski definition) is 1.